The second kappa shape index (κ2) is 23.3. The number of fused-ring (bicyclic) bond motifs is 6. The molecular formula is C61H85F3N12O7. The van der Waals surface area contributed by atoms with Crippen molar-refractivity contribution < 1.29 is 46.6 Å². The van der Waals surface area contributed by atoms with Crippen LogP contribution >= 0.6 is 0 Å². The summed E-state index contributed by atoms with van der Waals surface area (Å²) >= 11 is 0. The molecule has 2 aromatic heterocycles. The number of nitrogens with one attached hydrogen (secondary N) is 2. The lowest BCUT2D eigenvalue weighted by molar-refractivity contribution is -0.197. The molecular weight excluding hydrogens is 1070 g/mol. The van der Waals surface area contributed by atoms with Gasteiger partial charge in [0.1, 0.15) is 30.3 Å². The molecule has 6 fully saturated rings. The highest BCUT2D eigenvalue weighted by Gasteiger charge is 2.55. The van der Waals surface area contributed by atoms with Crippen molar-refractivity contribution in [3.05, 3.63) is 53.4 Å². The van der Waals surface area contributed by atoms with Crippen molar-refractivity contribution in [2.45, 2.75) is 135 Å². The predicted molar refractivity (Wildman–Crippen MR) is 309 cm³/mol. The van der Waals surface area contributed by atoms with E-state index >= 15 is 18.0 Å². The molecule has 11 rings (SSSR count). The van der Waals surface area contributed by atoms with E-state index in [0.29, 0.717) is 112 Å². The normalized spacial score (nSPS) is 26.6. The lowest BCUT2D eigenvalue weighted by atomic mass is 9.83. The summed E-state index contributed by atoms with van der Waals surface area (Å²) in [6.07, 6.45) is 3.73. The van der Waals surface area contributed by atoms with Gasteiger partial charge in [-0.3, -0.25) is 53.6 Å². The zero-order valence-electron chi connectivity index (χ0n) is 49.7. The molecule has 452 valence electrons. The van der Waals surface area contributed by atoms with Crippen LogP contribution < -0.4 is 15.6 Å². The first-order valence-electron chi connectivity index (χ1n) is 30.2. The molecule has 8 aliphatic rings. The van der Waals surface area contributed by atoms with Crippen molar-refractivity contribution in [3.8, 4) is 11.3 Å². The van der Waals surface area contributed by atoms with Gasteiger partial charge in [0, 0.05) is 114 Å². The Bertz CT molecular complexity index is 3000. The standard InChI is InChI=1S/C61H85F3N12O7/c1-38(2)52-45(26-43(28-65-52)71-21-19-70(20-22-71)42-14-15-42)54-46-27-59(5,6)37-82-58(81)47-12-10-18-76(67-47)56(79)48(30-69-17-9-11-41(29-69)40-13-16-49(44(46)25-40)75(54)36-61(62,63)64)66-55(78)53(39(3)4)72-23-24-83-60(33-72)34-74(35-60)57(80)50-31-73(50)32-51(77)68(7)8/h11,13,16,25-26,28,38-39,42,47-48,50,53,67H,9-10,12,14-15,17-24,27,29-37H2,1-8H3,(H,66,78)/t47-,48-,50+,53-,73?/m0/s1. The highest BCUT2D eigenvalue weighted by atomic mass is 19.4. The fraction of sp³-hybridized carbons (Fsp3) is 0.672. The number of hydrogen-bond donors (Lipinski definition) is 2. The van der Waals surface area contributed by atoms with Gasteiger partial charge in [-0.25, -0.2) is 5.43 Å². The number of morpholine rings is 1. The van der Waals surface area contributed by atoms with Crippen LogP contribution in [0.1, 0.15) is 96.4 Å². The van der Waals surface area contributed by atoms with Crippen LogP contribution in [0.15, 0.2) is 36.5 Å². The predicted octanol–water partition coefficient (Wildman–Crippen LogP) is 4.58. The fourth-order valence-corrected chi connectivity index (χ4v) is 13.7. The molecule has 0 radical (unpaired) electrons. The van der Waals surface area contributed by atoms with Crippen LogP contribution in [0, 0.1) is 11.3 Å². The van der Waals surface area contributed by atoms with E-state index in [1.54, 1.807) is 19.0 Å². The van der Waals surface area contributed by atoms with Gasteiger partial charge < -0.3 is 34.1 Å². The van der Waals surface area contributed by atoms with E-state index in [2.05, 4.69) is 42.5 Å². The van der Waals surface area contributed by atoms with Gasteiger partial charge in [0.05, 0.1) is 62.2 Å². The minimum atomic E-state index is -4.57. The topological polar surface area (TPSA) is 171 Å². The Morgan fingerprint density at radius 3 is 2.40 bits per heavy atom. The number of carbonyl (C=O) groups is 5. The second-order valence-electron chi connectivity index (χ2n) is 26.5. The summed E-state index contributed by atoms with van der Waals surface area (Å²) in [6, 6.07) is 5.53. The number of pyridine rings is 1. The summed E-state index contributed by atoms with van der Waals surface area (Å²) in [4.78, 5) is 89.4. The number of aromatic nitrogens is 2. The number of anilines is 1. The number of cyclic esters (lactones) is 1. The number of rotatable bonds is 12. The Kier molecular flexibility index (Phi) is 16.6. The molecule has 1 saturated carbocycles. The van der Waals surface area contributed by atoms with Gasteiger partial charge in [-0.2, -0.15) is 13.2 Å². The molecule has 7 aliphatic heterocycles. The molecule has 83 heavy (non-hydrogen) atoms. The van der Waals surface area contributed by atoms with Gasteiger partial charge >= 0.3 is 12.1 Å². The second-order valence-corrected chi connectivity index (χ2v) is 26.5. The molecule has 2 N–H and O–H groups in total. The number of likely N-dealkylation sites (N-methyl/N-ethyl adjacent to an activating group) is 1. The van der Waals surface area contributed by atoms with E-state index < -0.39 is 47.8 Å². The average Bonchev–Trinajstić information content (AvgIpc) is 3.15. The van der Waals surface area contributed by atoms with Crippen molar-refractivity contribution in [2.75, 3.05) is 124 Å². The van der Waals surface area contributed by atoms with Crippen molar-refractivity contribution in [2.24, 2.45) is 11.3 Å². The molecule has 5 saturated heterocycles. The van der Waals surface area contributed by atoms with Crippen LogP contribution in [0.5, 0.6) is 0 Å². The number of hydrazine groups is 1. The summed E-state index contributed by atoms with van der Waals surface area (Å²) in [6.45, 7) is 18.2. The third-order valence-corrected chi connectivity index (χ3v) is 18.3. The number of carbonyl (C=O) groups excluding carboxylic acids is 5. The molecule has 6 bridgehead atoms. The number of nitrogens with zero attached hydrogens (tertiary/aromatic N) is 10. The largest absolute Gasteiger partial charge is 0.464 e. The summed E-state index contributed by atoms with van der Waals surface area (Å²) in [5.74, 6) is -1.63. The quantitative estimate of drug-likeness (QED) is 0.191. The van der Waals surface area contributed by atoms with Crippen LogP contribution in [0.2, 0.25) is 0 Å². The molecule has 1 spiro atoms. The number of benzene rings is 1. The van der Waals surface area contributed by atoms with E-state index in [9.17, 15) is 19.2 Å². The van der Waals surface area contributed by atoms with Gasteiger partial charge in [0.2, 0.25) is 17.7 Å². The summed E-state index contributed by atoms with van der Waals surface area (Å²) in [5.41, 5.74) is 7.41. The zero-order chi connectivity index (χ0) is 58.9. The molecule has 9 heterocycles. The first-order chi connectivity index (χ1) is 39.4. The minimum Gasteiger partial charge on any atom is -0.464 e. The average molecular weight is 1160 g/mol. The Balaban J connectivity index is 0.896. The Morgan fingerprint density at radius 1 is 0.940 bits per heavy atom. The molecule has 22 heteroatoms. The van der Waals surface area contributed by atoms with Crippen LogP contribution in [-0.4, -0.2) is 234 Å². The van der Waals surface area contributed by atoms with E-state index in [4.69, 9.17) is 14.5 Å². The third-order valence-electron chi connectivity index (χ3n) is 18.3. The number of halogens is 3. The maximum absolute atomic E-state index is 15.2. The summed E-state index contributed by atoms with van der Waals surface area (Å²) in [7, 11) is 3.39. The minimum absolute atomic E-state index is 0.0332. The first-order valence-corrected chi connectivity index (χ1v) is 30.2. The molecule has 1 aliphatic carbocycles. The number of piperazine rings is 1. The number of hydrogen-bond acceptors (Lipinski definition) is 14. The van der Waals surface area contributed by atoms with Gasteiger partial charge in [-0.05, 0) is 85.3 Å². The summed E-state index contributed by atoms with van der Waals surface area (Å²) in [5, 5.41) is 5.34. The van der Waals surface area contributed by atoms with E-state index in [1.165, 1.54) is 27.3 Å². The highest BCUT2D eigenvalue weighted by Crippen LogP contribution is 2.44. The van der Waals surface area contributed by atoms with E-state index in [0.717, 1.165) is 48.6 Å². The van der Waals surface area contributed by atoms with Crippen molar-refractivity contribution in [3.63, 3.8) is 0 Å². The van der Waals surface area contributed by atoms with E-state index in [1.807, 2.05) is 70.8 Å². The molecule has 2 unspecified atom stereocenters. The van der Waals surface area contributed by atoms with E-state index in [-0.39, 0.29) is 67.6 Å². The fourth-order valence-electron chi connectivity index (χ4n) is 13.7. The zero-order valence-corrected chi connectivity index (χ0v) is 49.7. The molecule has 3 aromatic rings. The molecule has 4 amide bonds. The lowest BCUT2D eigenvalue weighted by Gasteiger charge is -2.55. The Hall–Kier alpha value is -5.65. The molecule has 19 nitrogen and oxygen atoms in total. The monoisotopic (exact) mass is 1150 g/mol. The van der Waals surface area contributed by atoms with Crippen LogP contribution in [0.4, 0.5) is 18.9 Å². The Morgan fingerprint density at radius 2 is 1.70 bits per heavy atom. The number of esters is 1. The maximum atomic E-state index is 15.2. The molecule has 6 atom stereocenters. The summed E-state index contributed by atoms with van der Waals surface area (Å²) < 4.78 is 59.6. The number of likely N-dealkylation sites (tertiary alicyclic amines) is 1. The lowest BCUT2D eigenvalue weighted by Crippen LogP contribution is -2.73. The Labute approximate surface area is 485 Å². The van der Waals surface area contributed by atoms with Crippen molar-refractivity contribution >= 4 is 51.8 Å². The third kappa shape index (κ3) is 12.8. The number of amides is 4. The van der Waals surface area contributed by atoms with Gasteiger partial charge in [-0.1, -0.05) is 53.7 Å². The molecule has 1 aromatic carbocycles. The van der Waals surface area contributed by atoms with Crippen molar-refractivity contribution in [1.82, 2.24) is 54.7 Å². The van der Waals surface area contributed by atoms with Gasteiger partial charge in [0.25, 0.3) is 5.91 Å². The van der Waals surface area contributed by atoms with Crippen LogP contribution in [0.25, 0.3) is 27.7 Å². The number of alkyl halides is 3. The number of ether oxygens (including phenoxy) is 2. The highest BCUT2D eigenvalue weighted by molar-refractivity contribution is 5.96. The van der Waals surface area contributed by atoms with Gasteiger partial charge in [-0.15, -0.1) is 0 Å². The smallest absolute Gasteiger partial charge is 0.406 e. The van der Waals surface area contributed by atoms with Crippen molar-refractivity contribution in [1.29, 1.82) is 0 Å². The van der Waals surface area contributed by atoms with Gasteiger partial charge in [0.15, 0.2) is 0 Å². The van der Waals surface area contributed by atoms with Crippen LogP contribution in [0.3, 0.4) is 0 Å². The maximum Gasteiger partial charge on any atom is 0.406 e. The first kappa shape index (κ1) is 59.1. The van der Waals surface area contributed by atoms with Crippen LogP contribution in [-0.2, 0) is 46.4 Å². The SMILES string of the molecule is CC(C)c1ncc(N2CCN(C3CC3)CC2)cc1-c1c2c3cc(ccc3n1CC(F)(F)F)C1=CCCN(C1)C[C@H](NC(=O)[C@H](C(C)C)N1CCOC3(CN(C(=O)[C@H]4CN4CC(=O)N(C)C)C3)C1)C(=O)N1CCC[C@H](N1)C(=O)OCC(C)(C)C2.